The first-order valence-electron chi connectivity index (χ1n) is 6.64. The van der Waals surface area contributed by atoms with Gasteiger partial charge in [-0.3, -0.25) is 4.98 Å². The molecule has 1 aliphatic carbocycles. The number of aliphatic imine (C=N–C) groups is 1. The van der Waals surface area contributed by atoms with Crippen molar-refractivity contribution in [2.45, 2.75) is 30.7 Å². The first kappa shape index (κ1) is 18.1. The van der Waals surface area contributed by atoms with Crippen molar-refractivity contribution < 1.29 is 8.42 Å². The monoisotopic (exact) mass is 424 g/mol. The minimum atomic E-state index is -3.29. The molecule has 0 aliphatic heterocycles. The number of nitrogens with zero attached hydrogens (tertiary/aromatic N) is 2. The van der Waals surface area contributed by atoms with E-state index < -0.39 is 9.84 Å². The Labute approximate surface area is 142 Å². The standard InChI is InChI=1S/C13H20N4O2S.HI/c1-20(18,19)12-6-3-7-15-11(12)9-17-13(14)16-8-10-4-2-5-10;/h3,6-7,10H,2,4-5,8-9H2,1H3,(H3,14,16,17);1H. The first-order chi connectivity index (χ1) is 9.47. The van der Waals surface area contributed by atoms with Crippen molar-refractivity contribution in [3.63, 3.8) is 0 Å². The third-order valence-corrected chi connectivity index (χ3v) is 4.61. The van der Waals surface area contributed by atoms with Gasteiger partial charge in [0.1, 0.15) is 0 Å². The Bertz CT molecular complexity index is 600. The lowest BCUT2D eigenvalue weighted by atomic mass is 9.85. The molecule has 0 unspecified atom stereocenters. The van der Waals surface area contributed by atoms with Crippen molar-refractivity contribution in [2.75, 3.05) is 12.8 Å². The lowest BCUT2D eigenvalue weighted by Crippen LogP contribution is -2.37. The second kappa shape index (κ2) is 7.92. The van der Waals surface area contributed by atoms with E-state index in [0.717, 1.165) is 12.8 Å². The molecule has 1 saturated carbocycles. The molecule has 0 atom stereocenters. The summed E-state index contributed by atoms with van der Waals surface area (Å²) in [4.78, 5) is 8.43. The fraction of sp³-hybridized carbons (Fsp3) is 0.538. The highest BCUT2D eigenvalue weighted by Crippen LogP contribution is 2.25. The maximum absolute atomic E-state index is 11.6. The summed E-state index contributed by atoms with van der Waals surface area (Å²) >= 11 is 0. The Hall–Kier alpha value is -0.900. The molecule has 0 aromatic carbocycles. The zero-order valence-corrected chi connectivity index (χ0v) is 15.1. The van der Waals surface area contributed by atoms with Gasteiger partial charge in [-0.2, -0.15) is 0 Å². The van der Waals surface area contributed by atoms with Gasteiger partial charge in [0, 0.05) is 19.0 Å². The zero-order chi connectivity index (χ0) is 14.6. The van der Waals surface area contributed by atoms with E-state index in [0.29, 0.717) is 17.6 Å². The van der Waals surface area contributed by atoms with E-state index in [4.69, 9.17) is 5.73 Å². The molecule has 1 aromatic rings. The predicted molar refractivity (Wildman–Crippen MR) is 93.4 cm³/mol. The highest BCUT2D eigenvalue weighted by atomic mass is 127. The van der Waals surface area contributed by atoms with Crippen LogP contribution in [0.5, 0.6) is 0 Å². The van der Waals surface area contributed by atoms with Gasteiger partial charge in [-0.05, 0) is 30.9 Å². The maximum Gasteiger partial charge on any atom is 0.188 e. The summed E-state index contributed by atoms with van der Waals surface area (Å²) in [7, 11) is -3.29. The Kier molecular flexibility index (Phi) is 6.85. The van der Waals surface area contributed by atoms with Gasteiger partial charge in [0.25, 0.3) is 0 Å². The molecule has 0 radical (unpaired) electrons. The number of hydrogen-bond acceptors (Lipinski definition) is 4. The molecule has 8 heteroatoms. The van der Waals surface area contributed by atoms with Crippen LogP contribution in [0.15, 0.2) is 28.2 Å². The average Bonchev–Trinajstić information content (AvgIpc) is 2.34. The molecule has 1 aromatic heterocycles. The smallest absolute Gasteiger partial charge is 0.188 e. The van der Waals surface area contributed by atoms with Gasteiger partial charge in [0.2, 0.25) is 0 Å². The summed E-state index contributed by atoms with van der Waals surface area (Å²) in [6.45, 7) is 0.989. The first-order valence-corrected chi connectivity index (χ1v) is 8.53. The third kappa shape index (κ3) is 5.42. The molecule has 1 fully saturated rings. The Morgan fingerprint density at radius 3 is 2.81 bits per heavy atom. The van der Waals surface area contributed by atoms with Gasteiger partial charge in [-0.1, -0.05) is 6.42 Å². The summed E-state index contributed by atoms with van der Waals surface area (Å²) in [6, 6.07) is 3.13. The van der Waals surface area contributed by atoms with Crippen LogP contribution in [0.2, 0.25) is 0 Å². The molecule has 3 N–H and O–H groups in total. The highest BCUT2D eigenvalue weighted by molar-refractivity contribution is 14.0. The number of rotatable bonds is 5. The van der Waals surface area contributed by atoms with Crippen molar-refractivity contribution in [2.24, 2.45) is 16.6 Å². The van der Waals surface area contributed by atoms with E-state index in [1.54, 1.807) is 12.3 Å². The predicted octanol–water partition coefficient (Wildman–Crippen LogP) is 1.31. The topological polar surface area (TPSA) is 97.4 Å². The maximum atomic E-state index is 11.6. The van der Waals surface area contributed by atoms with Crippen molar-refractivity contribution >= 4 is 39.8 Å². The van der Waals surface area contributed by atoms with E-state index in [2.05, 4.69) is 15.3 Å². The molecule has 1 aliphatic rings. The number of aromatic nitrogens is 1. The van der Waals surface area contributed by atoms with Crippen LogP contribution in [0.4, 0.5) is 0 Å². The number of sulfone groups is 1. The van der Waals surface area contributed by atoms with Crippen molar-refractivity contribution in [3.05, 3.63) is 24.0 Å². The van der Waals surface area contributed by atoms with Crippen LogP contribution < -0.4 is 11.1 Å². The second-order valence-electron chi connectivity index (χ2n) is 5.10. The fourth-order valence-electron chi connectivity index (χ4n) is 2.04. The second-order valence-corrected chi connectivity index (χ2v) is 7.08. The Morgan fingerprint density at radius 1 is 1.52 bits per heavy atom. The van der Waals surface area contributed by atoms with E-state index >= 15 is 0 Å². The quantitative estimate of drug-likeness (QED) is 0.422. The van der Waals surface area contributed by atoms with Crippen molar-refractivity contribution in [1.82, 2.24) is 10.3 Å². The van der Waals surface area contributed by atoms with Crippen molar-refractivity contribution in [3.8, 4) is 0 Å². The fourth-order valence-corrected chi connectivity index (χ4v) is 2.91. The van der Waals surface area contributed by atoms with Crippen LogP contribution in [-0.4, -0.2) is 32.2 Å². The normalized spacial score (nSPS) is 16.0. The van der Waals surface area contributed by atoms with Crippen LogP contribution in [0, 0.1) is 5.92 Å². The third-order valence-electron chi connectivity index (χ3n) is 3.44. The van der Waals surface area contributed by atoms with Gasteiger partial charge < -0.3 is 11.1 Å². The largest absolute Gasteiger partial charge is 0.370 e. The summed E-state index contributed by atoms with van der Waals surface area (Å²) in [5.41, 5.74) is 6.19. The van der Waals surface area contributed by atoms with Crippen LogP contribution >= 0.6 is 24.0 Å². The molecule has 0 saturated heterocycles. The Balaban J connectivity index is 0.00000220. The van der Waals surface area contributed by atoms with Crippen LogP contribution in [-0.2, 0) is 16.4 Å². The van der Waals surface area contributed by atoms with E-state index in [1.165, 1.54) is 25.3 Å². The number of guanidine groups is 1. The van der Waals surface area contributed by atoms with E-state index in [9.17, 15) is 8.42 Å². The average molecular weight is 424 g/mol. The highest BCUT2D eigenvalue weighted by Gasteiger charge is 2.17. The lowest BCUT2D eigenvalue weighted by molar-refractivity contribution is 0.315. The number of pyridine rings is 1. The molecule has 2 rings (SSSR count). The van der Waals surface area contributed by atoms with E-state index in [1.807, 2.05) is 0 Å². The zero-order valence-electron chi connectivity index (χ0n) is 11.9. The summed E-state index contributed by atoms with van der Waals surface area (Å²) in [5.74, 6) is 1.02. The number of nitrogens with one attached hydrogen (secondary N) is 1. The molecular formula is C13H21IN4O2S. The summed E-state index contributed by atoms with van der Waals surface area (Å²) < 4.78 is 23.2. The van der Waals surface area contributed by atoms with Gasteiger partial charge in [-0.15, -0.1) is 24.0 Å². The summed E-state index contributed by atoms with van der Waals surface area (Å²) in [6.07, 6.45) is 6.47. The van der Waals surface area contributed by atoms with E-state index in [-0.39, 0.29) is 35.4 Å². The van der Waals surface area contributed by atoms with Gasteiger partial charge in [0.05, 0.1) is 17.1 Å². The van der Waals surface area contributed by atoms with Crippen LogP contribution in [0.1, 0.15) is 25.0 Å². The molecule has 0 bridgehead atoms. The van der Waals surface area contributed by atoms with Gasteiger partial charge in [0.15, 0.2) is 15.8 Å². The van der Waals surface area contributed by atoms with Gasteiger partial charge >= 0.3 is 0 Å². The van der Waals surface area contributed by atoms with Crippen molar-refractivity contribution in [1.29, 1.82) is 0 Å². The molecule has 1 heterocycles. The molecular weight excluding hydrogens is 403 g/mol. The minimum absolute atomic E-state index is 0. The minimum Gasteiger partial charge on any atom is -0.370 e. The molecule has 118 valence electrons. The number of hydrogen-bond donors (Lipinski definition) is 2. The van der Waals surface area contributed by atoms with Crippen LogP contribution in [0.3, 0.4) is 0 Å². The Morgan fingerprint density at radius 2 is 2.24 bits per heavy atom. The SMILES string of the molecule is CS(=O)(=O)c1cccnc1CN=C(N)NCC1CCC1.I. The summed E-state index contributed by atoms with van der Waals surface area (Å²) in [5, 5.41) is 3.06. The molecule has 21 heavy (non-hydrogen) atoms. The van der Waals surface area contributed by atoms with Gasteiger partial charge in [-0.25, -0.2) is 13.4 Å². The molecule has 0 spiro atoms. The lowest BCUT2D eigenvalue weighted by Gasteiger charge is -2.25. The molecule has 6 nitrogen and oxygen atoms in total. The number of nitrogens with two attached hydrogens (primary N) is 1. The molecule has 0 amide bonds. The van der Waals surface area contributed by atoms with Crippen LogP contribution in [0.25, 0.3) is 0 Å². The number of halogens is 1.